The Kier molecular flexibility index (Phi) is 5.64. The van der Waals surface area contributed by atoms with Crippen molar-refractivity contribution in [3.8, 4) is 5.75 Å². The first-order valence-electron chi connectivity index (χ1n) is 7.00. The maximum absolute atomic E-state index is 11.9. The van der Waals surface area contributed by atoms with E-state index in [-0.39, 0.29) is 0 Å². The molecule has 1 aromatic heterocycles. The molecule has 0 unspecified atom stereocenters. The van der Waals surface area contributed by atoms with Crippen LogP contribution in [-0.2, 0) is 9.53 Å². The van der Waals surface area contributed by atoms with Crippen LogP contribution in [0.2, 0.25) is 0 Å². The van der Waals surface area contributed by atoms with E-state index < -0.39 is 24.4 Å². The van der Waals surface area contributed by atoms with Crippen LogP contribution in [0.1, 0.15) is 30.7 Å². The smallest absolute Gasteiger partial charge is 0.350 e. The third kappa shape index (κ3) is 4.39. The molecule has 0 aliphatic rings. The standard InChI is InChI=1S/C16H16N2O5S/c1-9-14(24-10(2)17-9)16(21)23-8-13(19)18-15(20)11-4-6-12(22-3)7-5-11/h4-7H,8H2,1-3H3,(H,18,19,20). The molecule has 0 saturated carbocycles. The third-order valence-electron chi connectivity index (χ3n) is 3.03. The number of nitrogens with one attached hydrogen (secondary N) is 1. The summed E-state index contributed by atoms with van der Waals surface area (Å²) in [7, 11) is 1.51. The van der Waals surface area contributed by atoms with Crippen LogP contribution in [-0.4, -0.2) is 36.5 Å². The normalized spacial score (nSPS) is 10.1. The second-order valence-electron chi connectivity index (χ2n) is 4.83. The first-order chi connectivity index (χ1) is 11.4. The van der Waals surface area contributed by atoms with Gasteiger partial charge in [-0.3, -0.25) is 14.9 Å². The number of rotatable bonds is 5. The minimum Gasteiger partial charge on any atom is -0.497 e. The van der Waals surface area contributed by atoms with E-state index in [9.17, 15) is 14.4 Å². The lowest BCUT2D eigenvalue weighted by Gasteiger charge is -2.06. The molecular weight excluding hydrogens is 332 g/mol. The molecule has 1 heterocycles. The predicted molar refractivity (Wildman–Crippen MR) is 87.3 cm³/mol. The average molecular weight is 348 g/mol. The second-order valence-corrected chi connectivity index (χ2v) is 6.03. The number of carbonyl (C=O) groups is 3. The molecule has 0 saturated heterocycles. The molecule has 0 atom stereocenters. The summed E-state index contributed by atoms with van der Waals surface area (Å²) >= 11 is 1.19. The van der Waals surface area contributed by atoms with E-state index in [1.54, 1.807) is 26.0 Å². The van der Waals surface area contributed by atoms with Crippen LogP contribution >= 0.6 is 11.3 Å². The number of carbonyl (C=O) groups excluding carboxylic acids is 3. The van der Waals surface area contributed by atoms with Gasteiger partial charge in [0.2, 0.25) is 0 Å². The third-order valence-corrected chi connectivity index (χ3v) is 4.08. The van der Waals surface area contributed by atoms with Crippen molar-refractivity contribution in [1.29, 1.82) is 0 Å². The van der Waals surface area contributed by atoms with Crippen molar-refractivity contribution in [2.24, 2.45) is 0 Å². The van der Waals surface area contributed by atoms with Crippen molar-refractivity contribution in [1.82, 2.24) is 10.3 Å². The second kappa shape index (κ2) is 7.69. The molecule has 0 bridgehead atoms. The quantitative estimate of drug-likeness (QED) is 0.829. The van der Waals surface area contributed by atoms with Gasteiger partial charge < -0.3 is 9.47 Å². The molecule has 24 heavy (non-hydrogen) atoms. The van der Waals surface area contributed by atoms with Crippen molar-refractivity contribution >= 4 is 29.1 Å². The summed E-state index contributed by atoms with van der Waals surface area (Å²) in [6.45, 7) is 2.92. The zero-order valence-electron chi connectivity index (χ0n) is 13.4. The molecule has 1 N–H and O–H groups in total. The molecule has 0 fully saturated rings. The van der Waals surface area contributed by atoms with Crippen LogP contribution in [0.4, 0.5) is 0 Å². The summed E-state index contributed by atoms with van der Waals surface area (Å²) < 4.78 is 9.89. The minimum atomic E-state index is -0.706. The number of benzene rings is 1. The van der Waals surface area contributed by atoms with Gasteiger partial charge in [-0.15, -0.1) is 11.3 Å². The first-order valence-corrected chi connectivity index (χ1v) is 7.81. The summed E-state index contributed by atoms with van der Waals surface area (Å²) in [6.07, 6.45) is 0. The molecule has 1 aromatic carbocycles. The first kappa shape index (κ1) is 17.6. The van der Waals surface area contributed by atoms with Gasteiger partial charge in [0.25, 0.3) is 11.8 Å². The number of aryl methyl sites for hydroxylation is 2. The number of amides is 2. The van der Waals surface area contributed by atoms with Crippen molar-refractivity contribution in [2.75, 3.05) is 13.7 Å². The minimum absolute atomic E-state index is 0.296. The van der Waals surface area contributed by atoms with Gasteiger partial charge in [-0.1, -0.05) is 0 Å². The molecule has 0 aliphatic carbocycles. The molecular formula is C16H16N2O5S. The molecule has 7 nitrogen and oxygen atoms in total. The van der Waals surface area contributed by atoms with Gasteiger partial charge >= 0.3 is 5.97 Å². The van der Waals surface area contributed by atoms with Crippen LogP contribution in [0.3, 0.4) is 0 Å². The highest BCUT2D eigenvalue weighted by Gasteiger charge is 2.17. The Bertz CT molecular complexity index is 767. The molecule has 0 aliphatic heterocycles. The average Bonchev–Trinajstić information content (AvgIpc) is 2.91. The SMILES string of the molecule is COc1ccc(C(=O)NC(=O)COC(=O)c2sc(C)nc2C)cc1. The largest absolute Gasteiger partial charge is 0.497 e. The van der Waals surface area contributed by atoms with Gasteiger partial charge in [-0.2, -0.15) is 0 Å². The molecule has 2 rings (SSSR count). The monoisotopic (exact) mass is 348 g/mol. The van der Waals surface area contributed by atoms with Gasteiger partial charge in [-0.05, 0) is 38.1 Å². The van der Waals surface area contributed by atoms with E-state index in [4.69, 9.17) is 9.47 Å². The fourth-order valence-electron chi connectivity index (χ4n) is 1.89. The number of hydrogen-bond acceptors (Lipinski definition) is 7. The fourth-order valence-corrected chi connectivity index (χ4v) is 2.71. The van der Waals surface area contributed by atoms with Gasteiger partial charge in [0.15, 0.2) is 6.61 Å². The van der Waals surface area contributed by atoms with E-state index in [2.05, 4.69) is 10.3 Å². The number of methoxy groups -OCH3 is 1. The molecule has 2 aromatic rings. The van der Waals surface area contributed by atoms with Gasteiger partial charge in [0.05, 0.1) is 17.8 Å². The number of thiazole rings is 1. The number of ether oxygens (including phenoxy) is 2. The van der Waals surface area contributed by atoms with E-state index in [1.165, 1.54) is 30.6 Å². The highest BCUT2D eigenvalue weighted by Crippen LogP contribution is 2.18. The van der Waals surface area contributed by atoms with E-state index >= 15 is 0 Å². The lowest BCUT2D eigenvalue weighted by atomic mass is 10.2. The Morgan fingerprint density at radius 3 is 2.38 bits per heavy atom. The van der Waals surface area contributed by atoms with Crippen molar-refractivity contribution < 1.29 is 23.9 Å². The highest BCUT2D eigenvalue weighted by molar-refractivity contribution is 7.13. The van der Waals surface area contributed by atoms with E-state index in [1.807, 2.05) is 0 Å². The van der Waals surface area contributed by atoms with E-state index in [0.29, 0.717) is 21.9 Å². The summed E-state index contributed by atoms with van der Waals surface area (Å²) in [5.74, 6) is -1.32. The maximum atomic E-state index is 11.9. The predicted octanol–water partition coefficient (Wildman–Crippen LogP) is 1.88. The molecule has 8 heteroatoms. The van der Waals surface area contributed by atoms with Crippen molar-refractivity contribution in [2.45, 2.75) is 13.8 Å². The van der Waals surface area contributed by atoms with Crippen molar-refractivity contribution in [3.05, 3.63) is 45.4 Å². The summed E-state index contributed by atoms with van der Waals surface area (Å²) in [5.41, 5.74) is 0.849. The van der Waals surface area contributed by atoms with Crippen LogP contribution in [0, 0.1) is 13.8 Å². The van der Waals surface area contributed by atoms with E-state index in [0.717, 1.165) is 5.01 Å². The maximum Gasteiger partial charge on any atom is 0.350 e. The number of imide groups is 1. The van der Waals surface area contributed by atoms with Crippen LogP contribution < -0.4 is 10.1 Å². The topological polar surface area (TPSA) is 94.6 Å². The molecule has 126 valence electrons. The Balaban J connectivity index is 1.87. The number of aromatic nitrogens is 1. The van der Waals surface area contributed by atoms with Crippen LogP contribution in [0.5, 0.6) is 5.75 Å². The lowest BCUT2D eigenvalue weighted by Crippen LogP contribution is -2.34. The zero-order valence-corrected chi connectivity index (χ0v) is 14.2. The summed E-state index contributed by atoms with van der Waals surface area (Å²) in [6, 6.07) is 6.26. The fraction of sp³-hybridized carbons (Fsp3) is 0.250. The molecule has 0 radical (unpaired) electrons. The molecule has 2 amide bonds. The molecule has 0 spiro atoms. The zero-order chi connectivity index (χ0) is 17.7. The van der Waals surface area contributed by atoms with Crippen LogP contribution in [0.25, 0.3) is 0 Å². The van der Waals surface area contributed by atoms with Gasteiger partial charge in [0, 0.05) is 5.56 Å². The Morgan fingerprint density at radius 1 is 1.17 bits per heavy atom. The Hall–Kier alpha value is -2.74. The number of nitrogens with zero attached hydrogens (tertiary/aromatic N) is 1. The number of esters is 1. The summed E-state index contributed by atoms with van der Waals surface area (Å²) in [5, 5.41) is 2.89. The Labute approximate surface area is 142 Å². The summed E-state index contributed by atoms with van der Waals surface area (Å²) in [4.78, 5) is 40.0. The van der Waals surface area contributed by atoms with Crippen LogP contribution in [0.15, 0.2) is 24.3 Å². The highest BCUT2D eigenvalue weighted by atomic mass is 32.1. The van der Waals surface area contributed by atoms with Crippen molar-refractivity contribution in [3.63, 3.8) is 0 Å². The Morgan fingerprint density at radius 2 is 1.83 bits per heavy atom. The lowest BCUT2D eigenvalue weighted by molar-refractivity contribution is -0.123. The van der Waals surface area contributed by atoms with Gasteiger partial charge in [-0.25, -0.2) is 9.78 Å². The van der Waals surface area contributed by atoms with Gasteiger partial charge in [0.1, 0.15) is 10.6 Å². The number of hydrogen-bond donors (Lipinski definition) is 1.